The molecule has 13 nitrogen and oxygen atoms in total. The van der Waals surface area contributed by atoms with E-state index in [1.165, 1.54) is 24.3 Å². The normalized spacial score (nSPS) is 16.2. The summed E-state index contributed by atoms with van der Waals surface area (Å²) in [5, 5.41) is 6.13. The Balaban J connectivity index is 1.14. The van der Waals surface area contributed by atoms with E-state index < -0.39 is 58.9 Å². The molecule has 2 heterocycles. The van der Waals surface area contributed by atoms with Crippen LogP contribution in [0.2, 0.25) is 0 Å². The average molecular weight is 1010 g/mol. The van der Waals surface area contributed by atoms with Crippen molar-refractivity contribution in [3.05, 3.63) is 177 Å². The molecular weight excluding hydrogens is 953 g/mol. The van der Waals surface area contributed by atoms with Crippen LogP contribution in [0.3, 0.4) is 0 Å². The van der Waals surface area contributed by atoms with Gasteiger partial charge in [-0.1, -0.05) is 48.5 Å². The zero-order chi connectivity index (χ0) is 53.0. The number of nitrogens with two attached hydrogens (primary N) is 4. The quantitative estimate of drug-likeness (QED) is 0.0214. The summed E-state index contributed by atoms with van der Waals surface area (Å²) < 4.78 is 88.5. The van der Waals surface area contributed by atoms with Gasteiger partial charge in [0.1, 0.15) is 12.1 Å². The lowest BCUT2D eigenvalue weighted by molar-refractivity contribution is -0.922. The van der Waals surface area contributed by atoms with E-state index in [0.717, 1.165) is 29.8 Å². The molecule has 2 aliphatic rings. The van der Waals surface area contributed by atoms with Gasteiger partial charge in [0.25, 0.3) is 11.8 Å². The van der Waals surface area contributed by atoms with Gasteiger partial charge < -0.3 is 52.6 Å². The van der Waals surface area contributed by atoms with Crippen LogP contribution >= 0.6 is 0 Å². The highest BCUT2D eigenvalue weighted by Crippen LogP contribution is 2.36. The predicted molar refractivity (Wildman–Crippen MR) is 269 cm³/mol. The van der Waals surface area contributed by atoms with Crippen LogP contribution in [0.15, 0.2) is 144 Å². The lowest BCUT2D eigenvalue weighted by atomic mass is 9.98. The van der Waals surface area contributed by atoms with Crippen LogP contribution < -0.4 is 33.6 Å². The zero-order valence-corrected chi connectivity index (χ0v) is 40.9. The number of anilines is 4. The lowest BCUT2D eigenvalue weighted by Crippen LogP contribution is -2.50. The molecule has 2 aliphatic heterocycles. The first-order valence-corrected chi connectivity index (χ1v) is 23.6. The van der Waals surface area contributed by atoms with E-state index in [-0.39, 0.29) is 48.7 Å². The topological polar surface area (TPSA) is 195 Å². The number of amides is 2. The van der Waals surface area contributed by atoms with E-state index in [9.17, 15) is 40.7 Å². The number of quaternary nitrogens is 1. The fourth-order valence-corrected chi connectivity index (χ4v) is 8.95. The van der Waals surface area contributed by atoms with Gasteiger partial charge in [-0.05, 0) is 105 Å². The Bertz CT molecular complexity index is 2880. The van der Waals surface area contributed by atoms with Crippen LogP contribution in [0, 0.1) is 0 Å². The van der Waals surface area contributed by atoms with E-state index >= 15 is 0 Å². The van der Waals surface area contributed by atoms with Gasteiger partial charge in [-0.2, -0.15) is 26.3 Å². The minimum atomic E-state index is -4.61. The van der Waals surface area contributed by atoms with Crippen molar-refractivity contribution in [2.75, 3.05) is 68.4 Å². The molecule has 0 aliphatic carbocycles. The highest BCUT2D eigenvalue weighted by molar-refractivity contribution is 6.00. The molecule has 3 atom stereocenters. The van der Waals surface area contributed by atoms with E-state index in [2.05, 4.69) is 10.6 Å². The summed E-state index contributed by atoms with van der Waals surface area (Å²) in [6, 6.07) is 27.8. The number of nitrogens with zero attached hydrogens (tertiary/aromatic N) is 3. The summed E-state index contributed by atoms with van der Waals surface area (Å²) in [5.41, 5.74) is 27.5. The number of ether oxygens (including phenoxy) is 1. The summed E-state index contributed by atoms with van der Waals surface area (Å²) in [5.74, 6) is -1.29. The Kier molecular flexibility index (Phi) is 15.7. The van der Waals surface area contributed by atoms with Gasteiger partial charge in [-0.15, -0.1) is 0 Å². The number of rotatable bonds is 18. The van der Waals surface area contributed by atoms with Gasteiger partial charge in [0, 0.05) is 52.7 Å². The first-order chi connectivity index (χ1) is 34.3. The standard InChI is InChI=1S/C54H59F6N9O4/c1-52(2,3)73-51(72)36-14-12-33(13-15-36)32-69(4,27-25-68-31-44(66-42-11-6-9-38(29-42)54(58,59)60)46(50(68)71)48(64)35-18-22-40(62)23-19-35)26-7-24-67-30-43(65-41-10-5-8-37(28-41)53(55,56)57)45(49(67)70)47(63)34-16-20-39(61)21-17-34/h5-6,8-23,28-29,47-48H,7,24-27,30-32,61-64H2,1-4H3,(H-,65,66,70,71)/p+1/t47-,48-,69?/m1/s1. The number of nitrogens with one attached hydrogen (secondary N) is 2. The maximum Gasteiger partial charge on any atom is 0.416 e. The van der Waals surface area contributed by atoms with Crippen molar-refractivity contribution in [1.82, 2.24) is 9.80 Å². The van der Waals surface area contributed by atoms with Crippen molar-refractivity contribution in [1.29, 1.82) is 0 Å². The molecular formula is C54H60F6N9O4+. The van der Waals surface area contributed by atoms with Crippen LogP contribution in [0.4, 0.5) is 49.1 Å². The Labute approximate surface area is 420 Å². The third-order valence-electron chi connectivity index (χ3n) is 12.8. The van der Waals surface area contributed by atoms with E-state index in [1.807, 2.05) is 19.2 Å². The molecule has 386 valence electrons. The molecule has 1 unspecified atom stereocenters. The number of carbonyl (C=O) groups is 3. The second kappa shape index (κ2) is 21.4. The van der Waals surface area contributed by atoms with E-state index in [1.54, 1.807) is 91.2 Å². The molecule has 2 amide bonds. The lowest BCUT2D eigenvalue weighted by Gasteiger charge is -2.37. The maximum atomic E-state index is 14.5. The van der Waals surface area contributed by atoms with Crippen LogP contribution in [0.25, 0.3) is 0 Å². The van der Waals surface area contributed by atoms with Crippen molar-refractivity contribution >= 4 is 40.5 Å². The number of halogens is 6. The SMILES string of the molecule is CC(C)(C)OC(=O)c1ccc(C[N+](C)(CCCN2CC(Nc3cccc(C(F)(F)F)c3)=C([C@H](N)c3ccc(N)cc3)C2=O)CCN2CC(Nc3cccc(C(F)(F)F)c3)=C([C@H](N)c3ccc(N)cc3)C2=O)cc1. The van der Waals surface area contributed by atoms with Crippen LogP contribution in [0.1, 0.15) is 77.5 Å². The minimum absolute atomic E-state index is 0.00428. The summed E-state index contributed by atoms with van der Waals surface area (Å²) in [6.45, 7) is 6.93. The monoisotopic (exact) mass is 1010 g/mol. The molecule has 0 aromatic heterocycles. The van der Waals surface area contributed by atoms with Gasteiger partial charge in [0.2, 0.25) is 0 Å². The number of hydrogen-bond acceptors (Lipinski definition) is 10. The Morgan fingerprint density at radius 3 is 1.51 bits per heavy atom. The molecule has 5 aromatic carbocycles. The minimum Gasteiger partial charge on any atom is -0.456 e. The zero-order valence-electron chi connectivity index (χ0n) is 40.9. The fourth-order valence-electron chi connectivity index (χ4n) is 8.95. The van der Waals surface area contributed by atoms with Crippen LogP contribution in [-0.4, -0.2) is 84.0 Å². The van der Waals surface area contributed by atoms with Gasteiger partial charge in [0.15, 0.2) is 0 Å². The first-order valence-electron chi connectivity index (χ1n) is 23.6. The van der Waals surface area contributed by atoms with Gasteiger partial charge in [-0.3, -0.25) is 9.59 Å². The molecule has 0 saturated carbocycles. The second-order valence-corrected chi connectivity index (χ2v) is 19.7. The van der Waals surface area contributed by atoms with Crippen LogP contribution in [0.5, 0.6) is 0 Å². The fraction of sp³-hybridized carbons (Fsp3) is 0.315. The molecule has 0 saturated heterocycles. The summed E-state index contributed by atoms with van der Waals surface area (Å²) in [7, 11) is 1.99. The van der Waals surface area contributed by atoms with Gasteiger partial charge in [0.05, 0.1) is 79.7 Å². The van der Waals surface area contributed by atoms with Crippen LogP contribution in [-0.2, 0) is 33.2 Å². The van der Waals surface area contributed by atoms with Gasteiger partial charge in [-0.25, -0.2) is 4.79 Å². The molecule has 0 radical (unpaired) electrons. The number of benzene rings is 5. The molecule has 0 fully saturated rings. The molecule has 0 bridgehead atoms. The Hall–Kier alpha value is -7.35. The van der Waals surface area contributed by atoms with Gasteiger partial charge >= 0.3 is 18.3 Å². The molecule has 7 rings (SSSR count). The summed E-state index contributed by atoms with van der Waals surface area (Å²) in [6.07, 6.45) is -8.79. The first kappa shape index (κ1) is 53.4. The number of alkyl halides is 6. The smallest absolute Gasteiger partial charge is 0.416 e. The van der Waals surface area contributed by atoms with Crippen molar-refractivity contribution in [2.24, 2.45) is 11.5 Å². The number of likely N-dealkylation sites (N-methyl/N-ethyl adjacent to an activating group) is 1. The van der Waals surface area contributed by atoms with Crippen molar-refractivity contribution < 1.29 is 49.9 Å². The van der Waals surface area contributed by atoms with E-state index in [4.69, 9.17) is 27.7 Å². The highest BCUT2D eigenvalue weighted by Gasteiger charge is 2.39. The molecule has 5 aromatic rings. The largest absolute Gasteiger partial charge is 0.456 e. The Morgan fingerprint density at radius 1 is 0.644 bits per heavy atom. The van der Waals surface area contributed by atoms with Crippen molar-refractivity contribution in [3.63, 3.8) is 0 Å². The predicted octanol–water partition coefficient (Wildman–Crippen LogP) is 9.00. The number of hydrogen-bond donors (Lipinski definition) is 6. The second-order valence-electron chi connectivity index (χ2n) is 19.7. The third-order valence-corrected chi connectivity index (χ3v) is 12.8. The molecule has 10 N–H and O–H groups in total. The molecule has 73 heavy (non-hydrogen) atoms. The maximum absolute atomic E-state index is 14.5. The Morgan fingerprint density at radius 2 is 1.08 bits per heavy atom. The van der Waals surface area contributed by atoms with E-state index in [0.29, 0.717) is 70.0 Å². The summed E-state index contributed by atoms with van der Waals surface area (Å²) in [4.78, 5) is 45.0. The third kappa shape index (κ3) is 13.4. The van der Waals surface area contributed by atoms with Crippen molar-refractivity contribution in [3.8, 4) is 0 Å². The highest BCUT2D eigenvalue weighted by atomic mass is 19.4. The average Bonchev–Trinajstić information content (AvgIpc) is 3.80. The molecule has 19 heteroatoms. The number of nitrogen functional groups attached to an aromatic ring is 2. The summed E-state index contributed by atoms with van der Waals surface area (Å²) >= 11 is 0. The number of carbonyl (C=O) groups excluding carboxylic acids is 3. The molecule has 0 spiro atoms. The van der Waals surface area contributed by atoms with Crippen molar-refractivity contribution in [2.45, 2.75) is 63.8 Å². The number of esters is 1.